The first-order valence-electron chi connectivity index (χ1n) is 16.9. The third-order valence-electron chi connectivity index (χ3n) is 9.06. The second kappa shape index (κ2) is 16.0. The summed E-state index contributed by atoms with van der Waals surface area (Å²) in [6.45, 7) is 12.5. The van der Waals surface area contributed by atoms with Crippen LogP contribution in [0.5, 0.6) is 5.75 Å². The molecule has 1 amide bonds. The summed E-state index contributed by atoms with van der Waals surface area (Å²) >= 11 is 0. The summed E-state index contributed by atoms with van der Waals surface area (Å²) in [6.07, 6.45) is -0.115. The number of pyridine rings is 1. The number of hydrogen-bond acceptors (Lipinski definition) is 8. The number of aliphatic hydroxyl groups excluding tert-OH is 1. The molecule has 1 saturated carbocycles. The summed E-state index contributed by atoms with van der Waals surface area (Å²) in [5.41, 5.74) is 2.26. The first-order chi connectivity index (χ1) is 23.3. The topological polar surface area (TPSA) is 124 Å². The van der Waals surface area contributed by atoms with Gasteiger partial charge in [0.15, 0.2) is 0 Å². The van der Waals surface area contributed by atoms with Crippen LogP contribution in [0.2, 0.25) is 0 Å². The Morgan fingerprint density at radius 1 is 1.06 bits per heavy atom. The van der Waals surface area contributed by atoms with E-state index in [1.165, 1.54) is 18.7 Å². The number of sulfonamides is 1. The first-order valence-corrected chi connectivity index (χ1v) is 18.4. The van der Waals surface area contributed by atoms with E-state index in [9.17, 15) is 27.1 Å². The lowest BCUT2D eigenvalue weighted by Crippen LogP contribution is -2.50. The van der Waals surface area contributed by atoms with Gasteiger partial charge in [-0.15, -0.1) is 0 Å². The lowest BCUT2D eigenvalue weighted by molar-refractivity contribution is 0.0732. The zero-order valence-corrected chi connectivity index (χ0v) is 31.0. The maximum absolute atomic E-state index is 13.9. The van der Waals surface area contributed by atoms with Gasteiger partial charge in [-0.2, -0.15) is 0 Å². The summed E-state index contributed by atoms with van der Waals surface area (Å²) in [6, 6.07) is 12.8. The maximum Gasteiger partial charge on any atom is 0.251 e. The summed E-state index contributed by atoms with van der Waals surface area (Å²) in [5, 5.41) is 16.6. The zero-order valence-electron chi connectivity index (χ0n) is 30.2. The predicted molar refractivity (Wildman–Crippen MR) is 193 cm³/mol. The van der Waals surface area contributed by atoms with Crippen LogP contribution in [-0.4, -0.2) is 75.6 Å². The van der Waals surface area contributed by atoms with Crippen LogP contribution in [0.3, 0.4) is 0 Å². The Morgan fingerprint density at radius 3 is 2.30 bits per heavy atom. The van der Waals surface area contributed by atoms with Gasteiger partial charge in [-0.05, 0) is 60.8 Å². The molecule has 1 aliphatic carbocycles. The van der Waals surface area contributed by atoms with Crippen LogP contribution < -0.4 is 24.6 Å². The molecule has 3 aromatic rings. The van der Waals surface area contributed by atoms with Gasteiger partial charge in [-0.25, -0.2) is 22.2 Å². The molecule has 4 rings (SSSR count). The van der Waals surface area contributed by atoms with Crippen LogP contribution in [-0.2, 0) is 22.0 Å². The highest BCUT2D eigenvalue weighted by Gasteiger charge is 2.34. The number of anilines is 2. The lowest BCUT2D eigenvalue weighted by atomic mass is 9.86. The summed E-state index contributed by atoms with van der Waals surface area (Å²) in [7, 11) is -0.530. The molecule has 0 spiro atoms. The smallest absolute Gasteiger partial charge is 0.251 e. The van der Waals surface area contributed by atoms with E-state index in [1.807, 2.05) is 24.1 Å². The molecule has 1 heterocycles. The normalized spacial score (nSPS) is 17.3. The van der Waals surface area contributed by atoms with Gasteiger partial charge in [0.25, 0.3) is 5.91 Å². The standard InChI is InChI=1S/C37H51F2N5O5S/c1-23(2)50(47,48)44(8)35-15-26(14-34(42-35)43(7)21-27-12-24(27)3)36(46)41-32(22-49-31-17-29(38)16-30(39)18-31)33(45)20-40-19-25-10-9-11-28(13-25)37(4,5)6/h9-11,13-18,23-24,27,32-33,40,45H,12,19-22H2,1-8H3,(H,41,46)/t24-,27+,32-,33+/m0/s1. The van der Waals surface area contributed by atoms with Gasteiger partial charge >= 0.3 is 0 Å². The lowest BCUT2D eigenvalue weighted by Gasteiger charge is -2.27. The first kappa shape index (κ1) is 39.0. The van der Waals surface area contributed by atoms with Crippen molar-refractivity contribution in [1.29, 1.82) is 0 Å². The zero-order chi connectivity index (χ0) is 37.0. The van der Waals surface area contributed by atoms with Crippen LogP contribution in [0.25, 0.3) is 0 Å². The number of carbonyl (C=O) groups is 1. The van der Waals surface area contributed by atoms with Gasteiger partial charge in [0.05, 0.1) is 17.4 Å². The van der Waals surface area contributed by atoms with E-state index >= 15 is 0 Å². The van der Waals surface area contributed by atoms with Crippen LogP contribution >= 0.6 is 0 Å². The van der Waals surface area contributed by atoms with Gasteiger partial charge in [0.1, 0.15) is 35.6 Å². The van der Waals surface area contributed by atoms with Crippen LogP contribution in [0.15, 0.2) is 54.6 Å². The summed E-state index contributed by atoms with van der Waals surface area (Å²) < 4.78 is 60.7. The maximum atomic E-state index is 13.9. The third kappa shape index (κ3) is 10.4. The minimum atomic E-state index is -3.77. The number of ether oxygens (including phenoxy) is 1. The highest BCUT2D eigenvalue weighted by Crippen LogP contribution is 2.38. The average molecular weight is 716 g/mol. The number of rotatable bonds is 16. The number of aromatic nitrogens is 1. The number of aliphatic hydroxyl groups is 1. The van der Waals surface area contributed by atoms with Crippen molar-refractivity contribution in [3.05, 3.63) is 82.9 Å². The molecule has 3 N–H and O–H groups in total. The number of benzene rings is 2. The number of nitrogens with zero attached hydrogens (tertiary/aromatic N) is 3. The minimum Gasteiger partial charge on any atom is -0.491 e. The quantitative estimate of drug-likeness (QED) is 0.184. The van der Waals surface area contributed by atoms with Crippen LogP contribution in [0.1, 0.15) is 69.4 Å². The van der Waals surface area contributed by atoms with Gasteiger partial charge in [-0.3, -0.25) is 9.10 Å². The molecule has 50 heavy (non-hydrogen) atoms. The molecule has 0 unspecified atom stereocenters. The largest absolute Gasteiger partial charge is 0.491 e. The number of amides is 1. The third-order valence-corrected chi connectivity index (χ3v) is 11.2. The highest BCUT2D eigenvalue weighted by molar-refractivity contribution is 7.93. The molecule has 4 atom stereocenters. The van der Waals surface area contributed by atoms with Crippen LogP contribution in [0, 0.1) is 23.5 Å². The van der Waals surface area contributed by atoms with Crippen molar-refractivity contribution < 1.29 is 31.8 Å². The Hall–Kier alpha value is -3.81. The van der Waals surface area contributed by atoms with Gasteiger partial charge in [-0.1, -0.05) is 52.0 Å². The molecule has 1 aliphatic rings. The highest BCUT2D eigenvalue weighted by atomic mass is 32.2. The molecule has 0 aliphatic heterocycles. The number of halogens is 2. The number of carbonyl (C=O) groups excluding carboxylic acids is 1. The molecule has 2 aromatic carbocycles. The van der Waals surface area contributed by atoms with Crippen molar-refractivity contribution in [2.24, 2.45) is 11.8 Å². The van der Waals surface area contributed by atoms with Crippen LogP contribution in [0.4, 0.5) is 20.4 Å². The Kier molecular flexibility index (Phi) is 12.5. The van der Waals surface area contributed by atoms with Crippen molar-refractivity contribution >= 4 is 27.6 Å². The van der Waals surface area contributed by atoms with E-state index in [-0.39, 0.29) is 35.7 Å². The van der Waals surface area contributed by atoms with E-state index in [1.54, 1.807) is 19.9 Å². The molecular weight excluding hydrogens is 664 g/mol. The Labute approximate surface area is 295 Å². The van der Waals surface area contributed by atoms with Gasteiger partial charge in [0, 0.05) is 57.5 Å². The molecule has 0 radical (unpaired) electrons. The molecule has 1 aromatic heterocycles. The Morgan fingerprint density at radius 2 is 1.70 bits per heavy atom. The van der Waals surface area contributed by atoms with E-state index in [2.05, 4.69) is 55.4 Å². The molecule has 0 saturated heterocycles. The molecule has 13 heteroatoms. The summed E-state index contributed by atoms with van der Waals surface area (Å²) in [5.74, 6) is -0.866. The molecule has 0 bridgehead atoms. The minimum absolute atomic E-state index is 0.0375. The fraction of sp³-hybridized carbons (Fsp3) is 0.514. The number of hydrogen-bond donors (Lipinski definition) is 3. The van der Waals surface area contributed by atoms with E-state index in [0.717, 1.165) is 34.5 Å². The average Bonchev–Trinajstić information content (AvgIpc) is 3.74. The SMILES string of the molecule is CC(C)S(=O)(=O)N(C)c1cc(C(=O)N[C@@H](COc2cc(F)cc(F)c2)[C@H](O)CNCc2cccc(C(C)(C)C)c2)cc(N(C)C[C@H]2C[C@@H]2C)n1. The second-order valence-corrected chi connectivity index (χ2v) is 17.2. The van der Waals surface area contributed by atoms with E-state index < -0.39 is 45.0 Å². The second-order valence-electron chi connectivity index (χ2n) is 14.6. The fourth-order valence-corrected chi connectivity index (χ4v) is 6.47. The van der Waals surface area contributed by atoms with E-state index in [0.29, 0.717) is 30.7 Å². The summed E-state index contributed by atoms with van der Waals surface area (Å²) in [4.78, 5) is 20.4. The molecule has 1 fully saturated rings. The monoisotopic (exact) mass is 715 g/mol. The molecular formula is C37H51F2N5O5S. The fourth-order valence-electron chi connectivity index (χ4n) is 5.49. The van der Waals surface area contributed by atoms with Crippen molar-refractivity contribution in [2.75, 3.05) is 43.0 Å². The van der Waals surface area contributed by atoms with Crippen molar-refractivity contribution in [3.8, 4) is 5.75 Å². The van der Waals surface area contributed by atoms with Crippen molar-refractivity contribution in [1.82, 2.24) is 15.6 Å². The predicted octanol–water partition coefficient (Wildman–Crippen LogP) is 5.25. The molecule has 10 nitrogen and oxygen atoms in total. The Bertz CT molecular complexity index is 1730. The van der Waals surface area contributed by atoms with Gasteiger partial charge < -0.3 is 25.4 Å². The van der Waals surface area contributed by atoms with E-state index in [4.69, 9.17) is 4.74 Å². The Balaban J connectivity index is 1.58. The number of nitrogens with one attached hydrogen (secondary N) is 2. The van der Waals surface area contributed by atoms with Crippen molar-refractivity contribution in [3.63, 3.8) is 0 Å². The van der Waals surface area contributed by atoms with Gasteiger partial charge in [0.2, 0.25) is 10.0 Å². The van der Waals surface area contributed by atoms with Crippen molar-refractivity contribution in [2.45, 2.75) is 77.3 Å². The molecule has 274 valence electrons.